The molecule has 1 amide bonds. The smallest absolute Gasteiger partial charge is 0.294 e. The van der Waals surface area contributed by atoms with Crippen molar-refractivity contribution >= 4 is 11.6 Å². The van der Waals surface area contributed by atoms with E-state index in [1.807, 2.05) is 30.3 Å². The van der Waals surface area contributed by atoms with Crippen LogP contribution < -0.4 is 10.1 Å². The largest absolute Gasteiger partial charge is 0.471 e. The second kappa shape index (κ2) is 7.08. The van der Waals surface area contributed by atoms with E-state index in [1.54, 1.807) is 0 Å². The Kier molecular flexibility index (Phi) is 4.69. The molecule has 0 saturated heterocycles. The van der Waals surface area contributed by atoms with Crippen LogP contribution in [0.15, 0.2) is 53.1 Å². The summed E-state index contributed by atoms with van der Waals surface area (Å²) in [6.45, 7) is 0.215. The predicted molar refractivity (Wildman–Crippen MR) is 81.5 cm³/mol. The maximum absolute atomic E-state index is 13.6. The number of halogens is 3. The Bertz CT molecular complexity index is 897. The zero-order valence-electron chi connectivity index (χ0n) is 12.6. The van der Waals surface area contributed by atoms with E-state index in [1.165, 1.54) is 6.07 Å². The number of amides is 1. The summed E-state index contributed by atoms with van der Waals surface area (Å²) in [7, 11) is 0. The number of hydrogen-bond donors (Lipinski definition) is 1. The van der Waals surface area contributed by atoms with Gasteiger partial charge in [0.15, 0.2) is 17.5 Å². The molecule has 3 aromatic rings. The highest BCUT2D eigenvalue weighted by Crippen LogP contribution is 2.21. The van der Waals surface area contributed by atoms with Crippen molar-refractivity contribution in [1.29, 1.82) is 0 Å². The second-order valence-electron chi connectivity index (χ2n) is 4.98. The summed E-state index contributed by atoms with van der Waals surface area (Å²) in [6.07, 6.45) is 0. The van der Waals surface area contributed by atoms with Gasteiger partial charge in [-0.25, -0.2) is 13.2 Å². The Balaban J connectivity index is 1.66. The molecule has 0 saturated carbocycles. The zero-order valence-corrected chi connectivity index (χ0v) is 12.6. The van der Waals surface area contributed by atoms with Gasteiger partial charge in [-0.05, 0) is 22.9 Å². The Labute approximate surface area is 140 Å². The Hall–Kier alpha value is -3.29. The van der Waals surface area contributed by atoms with E-state index in [0.29, 0.717) is 6.07 Å². The van der Waals surface area contributed by atoms with E-state index in [9.17, 15) is 18.0 Å². The van der Waals surface area contributed by atoms with Crippen LogP contribution in [0.25, 0.3) is 0 Å². The molecule has 128 valence electrons. The van der Waals surface area contributed by atoms with Crippen molar-refractivity contribution < 1.29 is 27.2 Å². The SMILES string of the molecule is O=C(Nc1ccc(F)c(F)c1F)c1cc(OCc2ccccc2)no1. The number of nitrogens with one attached hydrogen (secondary N) is 1. The van der Waals surface area contributed by atoms with Crippen molar-refractivity contribution in [1.82, 2.24) is 5.16 Å². The van der Waals surface area contributed by atoms with Crippen molar-refractivity contribution in [3.63, 3.8) is 0 Å². The molecule has 0 unspecified atom stereocenters. The third-order valence-electron chi connectivity index (χ3n) is 3.23. The van der Waals surface area contributed by atoms with Gasteiger partial charge >= 0.3 is 0 Å². The van der Waals surface area contributed by atoms with E-state index >= 15 is 0 Å². The molecular formula is C17H11F3N2O3. The summed E-state index contributed by atoms with van der Waals surface area (Å²) in [5, 5.41) is 5.63. The lowest BCUT2D eigenvalue weighted by Crippen LogP contribution is -2.13. The van der Waals surface area contributed by atoms with E-state index in [0.717, 1.165) is 11.6 Å². The summed E-state index contributed by atoms with van der Waals surface area (Å²) in [5.41, 5.74) is 0.368. The molecule has 0 spiro atoms. The lowest BCUT2D eigenvalue weighted by atomic mass is 10.2. The first-order chi connectivity index (χ1) is 12.0. The highest BCUT2D eigenvalue weighted by atomic mass is 19.2. The quantitative estimate of drug-likeness (QED) is 0.710. The highest BCUT2D eigenvalue weighted by molar-refractivity contribution is 6.02. The number of aromatic nitrogens is 1. The van der Waals surface area contributed by atoms with Crippen LogP contribution in [-0.2, 0) is 6.61 Å². The molecule has 0 atom stereocenters. The van der Waals surface area contributed by atoms with Crippen LogP contribution in [0.4, 0.5) is 18.9 Å². The van der Waals surface area contributed by atoms with Crippen LogP contribution in [0.3, 0.4) is 0 Å². The van der Waals surface area contributed by atoms with Crippen LogP contribution in [-0.4, -0.2) is 11.1 Å². The number of benzene rings is 2. The number of carbonyl (C=O) groups excluding carboxylic acids is 1. The monoisotopic (exact) mass is 348 g/mol. The van der Waals surface area contributed by atoms with Crippen LogP contribution in [0.1, 0.15) is 16.1 Å². The number of nitrogens with zero attached hydrogens (tertiary/aromatic N) is 1. The third kappa shape index (κ3) is 3.79. The van der Waals surface area contributed by atoms with Crippen molar-refractivity contribution in [3.8, 4) is 5.88 Å². The molecule has 0 bridgehead atoms. The molecule has 1 N–H and O–H groups in total. The number of ether oxygens (including phenoxy) is 1. The van der Waals surface area contributed by atoms with Gasteiger partial charge in [0.05, 0.1) is 11.8 Å². The minimum atomic E-state index is -1.68. The van der Waals surface area contributed by atoms with Gasteiger partial charge in [0.2, 0.25) is 5.76 Å². The summed E-state index contributed by atoms with van der Waals surface area (Å²) in [4.78, 5) is 12.0. The first-order valence-electron chi connectivity index (χ1n) is 7.13. The molecule has 3 rings (SSSR count). The fourth-order valence-electron chi connectivity index (χ4n) is 1.97. The number of hydrogen-bond acceptors (Lipinski definition) is 4. The zero-order chi connectivity index (χ0) is 17.8. The first-order valence-corrected chi connectivity index (χ1v) is 7.13. The van der Waals surface area contributed by atoms with Crippen molar-refractivity contribution in [2.45, 2.75) is 6.61 Å². The van der Waals surface area contributed by atoms with Gasteiger partial charge in [-0.1, -0.05) is 30.3 Å². The normalized spacial score (nSPS) is 10.5. The molecule has 0 fully saturated rings. The predicted octanol–water partition coefficient (Wildman–Crippen LogP) is 3.92. The Morgan fingerprint density at radius 1 is 1.08 bits per heavy atom. The molecule has 25 heavy (non-hydrogen) atoms. The number of rotatable bonds is 5. The number of anilines is 1. The Morgan fingerprint density at radius 3 is 2.60 bits per heavy atom. The summed E-state index contributed by atoms with van der Waals surface area (Å²) >= 11 is 0. The molecule has 1 heterocycles. The van der Waals surface area contributed by atoms with E-state index < -0.39 is 29.0 Å². The lowest BCUT2D eigenvalue weighted by Gasteiger charge is -2.05. The second-order valence-corrected chi connectivity index (χ2v) is 4.98. The first kappa shape index (κ1) is 16.6. The molecule has 0 aliphatic heterocycles. The van der Waals surface area contributed by atoms with Crippen LogP contribution in [0.5, 0.6) is 5.88 Å². The van der Waals surface area contributed by atoms with Gasteiger partial charge in [0.1, 0.15) is 6.61 Å². The van der Waals surface area contributed by atoms with Gasteiger partial charge in [0, 0.05) is 0 Å². The topological polar surface area (TPSA) is 64.4 Å². The maximum Gasteiger partial charge on any atom is 0.294 e. The van der Waals surface area contributed by atoms with Gasteiger partial charge in [-0.15, -0.1) is 0 Å². The van der Waals surface area contributed by atoms with Gasteiger partial charge in [-0.2, -0.15) is 0 Å². The molecule has 1 aromatic heterocycles. The molecule has 8 heteroatoms. The van der Waals surface area contributed by atoms with Gasteiger partial charge < -0.3 is 14.6 Å². The third-order valence-corrected chi connectivity index (χ3v) is 3.23. The van der Waals surface area contributed by atoms with Crippen molar-refractivity contribution in [3.05, 3.63) is 77.3 Å². The van der Waals surface area contributed by atoms with Gasteiger partial charge in [0.25, 0.3) is 11.8 Å². The maximum atomic E-state index is 13.6. The van der Waals surface area contributed by atoms with E-state index in [4.69, 9.17) is 9.26 Å². The molecule has 0 aliphatic carbocycles. The van der Waals surface area contributed by atoms with Gasteiger partial charge in [-0.3, -0.25) is 4.79 Å². The van der Waals surface area contributed by atoms with Crippen LogP contribution in [0, 0.1) is 17.5 Å². The fraction of sp³-hybridized carbons (Fsp3) is 0.0588. The molecule has 0 radical (unpaired) electrons. The molecule has 2 aromatic carbocycles. The van der Waals surface area contributed by atoms with Crippen molar-refractivity contribution in [2.75, 3.05) is 5.32 Å². The number of carbonyl (C=O) groups is 1. The van der Waals surface area contributed by atoms with Crippen molar-refractivity contribution in [2.24, 2.45) is 0 Å². The van der Waals surface area contributed by atoms with E-state index in [-0.39, 0.29) is 18.2 Å². The average Bonchev–Trinajstić information content (AvgIpc) is 3.10. The van der Waals surface area contributed by atoms with Crippen LogP contribution >= 0.6 is 0 Å². The Morgan fingerprint density at radius 2 is 1.84 bits per heavy atom. The fourth-order valence-corrected chi connectivity index (χ4v) is 1.97. The average molecular weight is 348 g/mol. The summed E-state index contributed by atoms with van der Waals surface area (Å²) < 4.78 is 49.7. The molecule has 5 nitrogen and oxygen atoms in total. The highest BCUT2D eigenvalue weighted by Gasteiger charge is 2.19. The minimum Gasteiger partial charge on any atom is -0.471 e. The molecular weight excluding hydrogens is 337 g/mol. The lowest BCUT2D eigenvalue weighted by molar-refractivity contribution is 0.0987. The summed E-state index contributed by atoms with van der Waals surface area (Å²) in [5.74, 6) is -5.64. The minimum absolute atomic E-state index is 0.0553. The summed E-state index contributed by atoms with van der Waals surface area (Å²) in [6, 6.07) is 12.0. The standard InChI is InChI=1S/C17H11F3N2O3/c18-11-6-7-12(16(20)15(11)19)21-17(23)13-8-14(22-25-13)24-9-10-4-2-1-3-5-10/h1-8H,9H2,(H,21,23). The van der Waals surface area contributed by atoms with Crippen LogP contribution in [0.2, 0.25) is 0 Å². The molecule has 0 aliphatic rings. The van der Waals surface area contributed by atoms with E-state index in [2.05, 4.69) is 10.5 Å².